The molecule has 0 aliphatic carbocycles. The highest BCUT2D eigenvalue weighted by Crippen LogP contribution is 2.21. The number of hydrogen-bond donors (Lipinski definition) is 2. The van der Waals surface area contributed by atoms with E-state index >= 15 is 0 Å². The molecule has 1 aliphatic rings. The average Bonchev–Trinajstić information content (AvgIpc) is 2.69. The Hall–Kier alpha value is -3.15. The number of hydrogen-bond acceptors (Lipinski definition) is 3. The van der Waals surface area contributed by atoms with E-state index in [4.69, 9.17) is 0 Å². The summed E-state index contributed by atoms with van der Waals surface area (Å²) in [5.74, 6) is -1.29. The van der Waals surface area contributed by atoms with Gasteiger partial charge in [-0.25, -0.2) is 4.79 Å². The Bertz CT molecular complexity index is 827. The van der Waals surface area contributed by atoms with Crippen molar-refractivity contribution in [1.82, 2.24) is 4.90 Å². The lowest BCUT2D eigenvalue weighted by atomic mass is 9.95. The molecule has 6 nitrogen and oxygen atoms in total. The maximum absolute atomic E-state index is 12.5. The number of rotatable bonds is 5. The SMILES string of the molecule is O=C(O)c1ccccc1CC(=O)N1CCC(C(=O)Nc2ccccc2)CC1. The van der Waals surface area contributed by atoms with E-state index in [9.17, 15) is 19.5 Å². The number of likely N-dealkylation sites (tertiary alicyclic amines) is 1. The second-order valence-corrected chi connectivity index (χ2v) is 6.65. The topological polar surface area (TPSA) is 86.7 Å². The number of benzene rings is 2. The lowest BCUT2D eigenvalue weighted by molar-refractivity contribution is -0.133. The van der Waals surface area contributed by atoms with E-state index < -0.39 is 5.97 Å². The Labute approximate surface area is 157 Å². The number of nitrogens with one attached hydrogen (secondary N) is 1. The van der Waals surface area contributed by atoms with Crippen LogP contribution in [0.2, 0.25) is 0 Å². The van der Waals surface area contributed by atoms with Crippen molar-refractivity contribution >= 4 is 23.5 Å². The van der Waals surface area contributed by atoms with E-state index in [0.29, 0.717) is 31.5 Å². The van der Waals surface area contributed by atoms with Crippen LogP contribution in [0.1, 0.15) is 28.8 Å². The molecule has 2 amide bonds. The quantitative estimate of drug-likeness (QED) is 0.852. The van der Waals surface area contributed by atoms with Crippen molar-refractivity contribution in [2.24, 2.45) is 5.92 Å². The van der Waals surface area contributed by atoms with Gasteiger partial charge in [0, 0.05) is 24.7 Å². The molecule has 0 saturated carbocycles. The van der Waals surface area contributed by atoms with E-state index in [1.165, 1.54) is 6.07 Å². The normalized spacial score (nSPS) is 14.6. The van der Waals surface area contributed by atoms with Crippen molar-refractivity contribution in [3.63, 3.8) is 0 Å². The van der Waals surface area contributed by atoms with E-state index in [2.05, 4.69) is 5.32 Å². The van der Waals surface area contributed by atoms with Crippen molar-refractivity contribution in [3.8, 4) is 0 Å². The Morgan fingerprint density at radius 3 is 2.26 bits per heavy atom. The molecule has 3 rings (SSSR count). The molecule has 1 aliphatic heterocycles. The number of aromatic carboxylic acids is 1. The lowest BCUT2D eigenvalue weighted by Crippen LogP contribution is -2.42. The van der Waals surface area contributed by atoms with Gasteiger partial charge in [-0.3, -0.25) is 9.59 Å². The lowest BCUT2D eigenvalue weighted by Gasteiger charge is -2.31. The molecule has 27 heavy (non-hydrogen) atoms. The summed E-state index contributed by atoms with van der Waals surface area (Å²) in [7, 11) is 0. The highest BCUT2D eigenvalue weighted by atomic mass is 16.4. The Balaban J connectivity index is 1.54. The minimum Gasteiger partial charge on any atom is -0.478 e. The van der Waals surface area contributed by atoms with Crippen LogP contribution in [0, 0.1) is 5.92 Å². The van der Waals surface area contributed by atoms with Crippen molar-refractivity contribution in [2.45, 2.75) is 19.3 Å². The fraction of sp³-hybridized carbons (Fsp3) is 0.286. The minimum absolute atomic E-state index is 0.0236. The number of carboxylic acids is 1. The average molecular weight is 366 g/mol. The van der Waals surface area contributed by atoms with Gasteiger partial charge in [0.1, 0.15) is 0 Å². The zero-order chi connectivity index (χ0) is 19.2. The predicted molar refractivity (Wildman–Crippen MR) is 101 cm³/mol. The van der Waals surface area contributed by atoms with Gasteiger partial charge in [0.25, 0.3) is 0 Å². The van der Waals surface area contributed by atoms with Gasteiger partial charge in [-0.2, -0.15) is 0 Å². The second-order valence-electron chi connectivity index (χ2n) is 6.65. The number of para-hydroxylation sites is 1. The van der Waals surface area contributed by atoms with Gasteiger partial charge in [-0.1, -0.05) is 36.4 Å². The van der Waals surface area contributed by atoms with E-state index in [0.717, 1.165) is 5.69 Å². The van der Waals surface area contributed by atoms with Crippen LogP contribution in [-0.4, -0.2) is 40.9 Å². The Morgan fingerprint density at radius 1 is 0.963 bits per heavy atom. The first kappa shape index (κ1) is 18.6. The maximum atomic E-state index is 12.5. The second kappa shape index (κ2) is 8.49. The van der Waals surface area contributed by atoms with Crippen LogP contribution in [0.4, 0.5) is 5.69 Å². The predicted octanol–water partition coefficient (Wildman–Crippen LogP) is 2.80. The number of carbonyl (C=O) groups is 3. The van der Waals surface area contributed by atoms with E-state index in [-0.39, 0.29) is 29.7 Å². The number of anilines is 1. The molecule has 1 saturated heterocycles. The summed E-state index contributed by atoms with van der Waals surface area (Å²) in [6.07, 6.45) is 1.26. The Kier molecular flexibility index (Phi) is 5.86. The van der Waals surface area contributed by atoms with Crippen LogP contribution >= 0.6 is 0 Å². The molecule has 2 aromatic rings. The first-order valence-corrected chi connectivity index (χ1v) is 8.99. The first-order chi connectivity index (χ1) is 13.0. The molecule has 1 fully saturated rings. The van der Waals surface area contributed by atoms with Gasteiger partial charge < -0.3 is 15.3 Å². The standard InChI is InChI=1S/C21H22N2O4/c24-19(14-16-6-4-5-9-18(16)21(26)27)23-12-10-15(11-13-23)20(25)22-17-7-2-1-3-8-17/h1-9,15H,10-14H2,(H,22,25)(H,26,27). The third kappa shape index (κ3) is 4.73. The molecule has 0 radical (unpaired) electrons. The monoisotopic (exact) mass is 366 g/mol. The summed E-state index contributed by atoms with van der Waals surface area (Å²) in [5, 5.41) is 12.1. The summed E-state index contributed by atoms with van der Waals surface area (Å²) in [5.41, 5.74) is 1.44. The molecular formula is C21H22N2O4. The summed E-state index contributed by atoms with van der Waals surface area (Å²) in [6, 6.07) is 15.9. The van der Waals surface area contributed by atoms with Gasteiger partial charge >= 0.3 is 5.97 Å². The van der Waals surface area contributed by atoms with Crippen molar-refractivity contribution in [2.75, 3.05) is 18.4 Å². The number of carbonyl (C=O) groups excluding carboxylic acids is 2. The van der Waals surface area contributed by atoms with Gasteiger partial charge in [0.05, 0.1) is 12.0 Å². The van der Waals surface area contributed by atoms with Crippen LogP contribution in [0.5, 0.6) is 0 Å². The van der Waals surface area contributed by atoms with Crippen molar-refractivity contribution < 1.29 is 19.5 Å². The summed E-state index contributed by atoms with van der Waals surface area (Å²) in [4.78, 5) is 37.9. The summed E-state index contributed by atoms with van der Waals surface area (Å²) < 4.78 is 0. The minimum atomic E-state index is -1.03. The van der Waals surface area contributed by atoms with Crippen molar-refractivity contribution in [3.05, 3.63) is 65.7 Å². The maximum Gasteiger partial charge on any atom is 0.335 e. The molecule has 0 bridgehead atoms. The molecule has 0 aromatic heterocycles. The molecule has 0 unspecified atom stereocenters. The molecule has 2 N–H and O–H groups in total. The number of nitrogens with zero attached hydrogens (tertiary/aromatic N) is 1. The van der Waals surface area contributed by atoms with E-state index in [1.807, 2.05) is 30.3 Å². The van der Waals surface area contributed by atoms with E-state index in [1.54, 1.807) is 23.1 Å². The third-order valence-corrected chi connectivity index (χ3v) is 4.85. The molecule has 140 valence electrons. The number of piperidine rings is 1. The molecule has 1 heterocycles. The highest BCUT2D eigenvalue weighted by molar-refractivity contribution is 5.93. The largest absolute Gasteiger partial charge is 0.478 e. The van der Waals surface area contributed by atoms with Gasteiger partial charge in [0.15, 0.2) is 0 Å². The molecule has 2 aromatic carbocycles. The van der Waals surface area contributed by atoms with Crippen LogP contribution in [0.25, 0.3) is 0 Å². The van der Waals surface area contributed by atoms with Crippen molar-refractivity contribution in [1.29, 1.82) is 0 Å². The van der Waals surface area contributed by atoms with Crippen LogP contribution in [-0.2, 0) is 16.0 Å². The summed E-state index contributed by atoms with van der Waals surface area (Å²) >= 11 is 0. The van der Waals surface area contributed by atoms with Gasteiger partial charge in [0.2, 0.25) is 11.8 Å². The van der Waals surface area contributed by atoms with Crippen LogP contribution in [0.3, 0.4) is 0 Å². The summed E-state index contributed by atoms with van der Waals surface area (Å²) in [6.45, 7) is 1.00. The first-order valence-electron chi connectivity index (χ1n) is 8.99. The highest BCUT2D eigenvalue weighted by Gasteiger charge is 2.27. The number of amides is 2. The zero-order valence-electron chi connectivity index (χ0n) is 14.9. The third-order valence-electron chi connectivity index (χ3n) is 4.85. The molecular weight excluding hydrogens is 344 g/mol. The fourth-order valence-corrected chi connectivity index (χ4v) is 3.31. The number of carboxylic acid groups (broad SMARTS) is 1. The Morgan fingerprint density at radius 2 is 1.59 bits per heavy atom. The van der Waals surface area contributed by atoms with Gasteiger partial charge in [-0.05, 0) is 36.6 Å². The fourth-order valence-electron chi connectivity index (χ4n) is 3.31. The van der Waals surface area contributed by atoms with Gasteiger partial charge in [-0.15, -0.1) is 0 Å². The molecule has 0 spiro atoms. The zero-order valence-corrected chi connectivity index (χ0v) is 14.9. The van der Waals surface area contributed by atoms with Crippen LogP contribution < -0.4 is 5.32 Å². The van der Waals surface area contributed by atoms with Crippen LogP contribution in [0.15, 0.2) is 54.6 Å². The smallest absolute Gasteiger partial charge is 0.335 e. The molecule has 0 atom stereocenters. The molecule has 6 heteroatoms.